The van der Waals surface area contributed by atoms with Crippen molar-refractivity contribution >= 4 is 261 Å². The zero-order valence-electron chi connectivity index (χ0n) is 78.0. The number of aliphatic hydroxyl groups is 1. The number of para-hydroxylation sites is 10. The number of nitrogens with zero attached hydrogens (tertiary/aromatic N) is 7. The standard InChI is InChI=1S/C19H20ClN3.C15H12Cl2N2.C13H11ClN2O2.C13H13ClN2.C7H6BrCl.C7H5ClO2.C6H6N2O2.C5H10.C2H3ClO2.C2H6O.CHCl3.3ClH.2H2O.Sn.H/c20-16-9-7-15(8-10-16)13-23-18-6-2-1-5-17(18)21-19(23)14-22-11-3-4-12-22;16-9-15-18-13-3-1-2-4-14(13)19(15)10-11-5-7-12(17)8-6-11;14-11-7-5-10(6-8-11)9-15-12-3-1-2-4-13(12)16(17)18;14-11-7-5-10(6-8-11)9-16-13-4-2-1-3-12(13)15;8-5-6-1-3-7(9)4-2-6;8-6-3-1-5(2-4-6)7(9)10;7-5-3-1-2-4-6(5)8(9)10;1-2-4-5-3-1;3-1-2(4)5;1-2-3;2-1(3)4;;;;;;;/h1-2,5-10H,3-4,11-14H2;1-8H,9-10H2;1-8,15H,9H2;1-8,16H,9,15H2;1-4H,5H2;1-4H,(H,9,10);1-4H,7H2;1-5H2;1H2,(H,4,5);3H,2H2,1H3;1H;3*1H;2*1H2;;/q;;;;;;;;;;;;;;;;+2;/p-2/i13D2;10D2;2*9D2;5D2;;;;;;;;;;;;;. The van der Waals surface area contributed by atoms with Gasteiger partial charge in [-0.1, -0.05) is 274 Å². The molecular formula is C90H99BrCl14N11O11Sn. The van der Waals surface area contributed by atoms with Gasteiger partial charge in [-0.05, 0) is 194 Å². The monoisotopic (exact) mass is 2210 g/mol. The van der Waals surface area contributed by atoms with E-state index in [-0.39, 0.29) is 70.0 Å². The van der Waals surface area contributed by atoms with Gasteiger partial charge in [0.05, 0.1) is 72.2 Å². The van der Waals surface area contributed by atoms with Crippen LogP contribution >= 0.6 is 174 Å². The van der Waals surface area contributed by atoms with E-state index < -0.39 is 76.2 Å². The molecule has 0 bridgehead atoms. The van der Waals surface area contributed by atoms with Crippen LogP contribution in [0.15, 0.2) is 267 Å². The summed E-state index contributed by atoms with van der Waals surface area (Å²) in [6.07, 6.45) is 9.90. The molecule has 128 heavy (non-hydrogen) atoms. The molecule has 13 aromatic rings. The Balaban J connectivity index is 0.000000789. The number of carbonyl (C=O) groups is 2. The number of halogens is 15. The molecule has 38 heteroatoms. The fourth-order valence-corrected chi connectivity index (χ4v) is 11.6. The first-order valence-electron chi connectivity index (χ1n) is 42.4. The SMILES string of the molecule is C1CCCC1.CCO.Cl.ClC(Cl)Cl.Nc1ccccc1[N+](=O)[O-].O.O.O=C(O)CCl.O=C(O)c1ccc(Cl)cc1.[2H]C([2H])(Br)c1ccc(Cl)cc1.[2H]C([2H])(Nc1ccccc1N)c1ccc(Cl)cc1.[2H]C([2H])(Nc1ccccc1[N+](=O)[O-])c1ccc(Cl)cc1.[2H]C([2H])(c1ccc(Cl)cc1)n1c(CCl)nc2ccccc21.[2H]C([2H])(c1ccc(Cl)cc1)n1c(CN2CCCC2)nc2ccccc21.[Cl][SnH][Cl]. The van der Waals surface area contributed by atoms with Gasteiger partial charge in [-0.3, -0.25) is 29.9 Å². The Morgan fingerprint density at radius 1 is 0.492 bits per heavy atom. The Hall–Kier alpha value is -7.52. The molecule has 1 saturated heterocycles. The summed E-state index contributed by atoms with van der Waals surface area (Å²) in [5.41, 5.74) is 18.1. The normalized spacial score (nSPS) is 12.7. The van der Waals surface area contributed by atoms with Crippen LogP contribution in [0.3, 0.4) is 0 Å². The predicted molar refractivity (Wildman–Crippen MR) is 545 cm³/mol. The first kappa shape index (κ1) is 101. The van der Waals surface area contributed by atoms with Crippen molar-refractivity contribution < 1.29 is 59.4 Å². The Labute approximate surface area is 846 Å². The number of aliphatic carboxylic acids is 1. The summed E-state index contributed by atoms with van der Waals surface area (Å²) in [6, 6.07) is 73.4. The Kier molecular flexibility index (Phi) is 54.8. The summed E-state index contributed by atoms with van der Waals surface area (Å²) < 4.78 is 83.8. The summed E-state index contributed by atoms with van der Waals surface area (Å²) in [7, 11) is 9.91. The van der Waals surface area contributed by atoms with Gasteiger partial charge in [-0.2, -0.15) is 0 Å². The van der Waals surface area contributed by atoms with Gasteiger partial charge >= 0.3 is 48.7 Å². The van der Waals surface area contributed by atoms with E-state index in [0.717, 1.165) is 35.5 Å². The summed E-state index contributed by atoms with van der Waals surface area (Å²) >= 11 is 61.6. The zero-order valence-corrected chi connectivity index (χ0v) is 83.6. The van der Waals surface area contributed by atoms with Crippen molar-refractivity contribution in [2.45, 2.75) is 99.9 Å². The number of aromatic nitrogens is 4. The van der Waals surface area contributed by atoms with Gasteiger partial charge in [0.15, 0.2) is 4.30 Å². The summed E-state index contributed by atoms with van der Waals surface area (Å²) in [4.78, 5) is 51.0. The predicted octanol–water partition coefficient (Wildman–Crippen LogP) is 26.4. The number of anilines is 4. The van der Waals surface area contributed by atoms with E-state index in [9.17, 15) is 29.8 Å². The number of rotatable bonds is 18. The molecule has 2 aromatic heterocycles. The molecule has 15 rings (SSSR count). The average molecular weight is 2220 g/mol. The van der Waals surface area contributed by atoms with Gasteiger partial charge in [-0.15, -0.1) is 35.6 Å². The van der Waals surface area contributed by atoms with Gasteiger partial charge < -0.3 is 57.5 Å². The average Bonchev–Trinajstić information content (AvgIpc) is 1.60. The number of nitro groups is 2. The molecule has 1 aliphatic carbocycles. The van der Waals surface area contributed by atoms with Crippen LogP contribution in [0.2, 0.25) is 30.1 Å². The molecule has 2 aliphatic rings. The second-order valence-corrected chi connectivity index (χ2v) is 35.5. The van der Waals surface area contributed by atoms with Crippen molar-refractivity contribution in [1.29, 1.82) is 0 Å². The van der Waals surface area contributed by atoms with Crippen LogP contribution in [0.4, 0.5) is 34.1 Å². The maximum atomic E-state index is 10.9. The molecule has 3 heterocycles. The minimum atomic E-state index is -1.95. The van der Waals surface area contributed by atoms with Gasteiger partial charge in [0.1, 0.15) is 28.9 Å². The third kappa shape index (κ3) is 48.6. The molecule has 0 unspecified atom stereocenters. The van der Waals surface area contributed by atoms with E-state index >= 15 is 0 Å². The number of carboxylic acids is 2. The number of likely N-dealkylation sites (tertiary alicyclic amines) is 1. The molecule has 11 aromatic carbocycles. The molecule has 1 aliphatic heterocycles. The van der Waals surface area contributed by atoms with Gasteiger partial charge in [0.2, 0.25) is 0 Å². The van der Waals surface area contributed by atoms with Crippen LogP contribution in [0.1, 0.15) is 115 Å². The number of aliphatic hydroxyl groups excluding tert-OH is 1. The number of alkyl halides is 6. The number of imidazole rings is 2. The van der Waals surface area contributed by atoms with Crippen LogP contribution in [0.5, 0.6) is 0 Å². The van der Waals surface area contributed by atoms with E-state index in [4.69, 9.17) is 191 Å². The number of nitrogens with two attached hydrogens (primary N) is 2. The van der Waals surface area contributed by atoms with E-state index in [1.165, 1.54) is 99.5 Å². The second kappa shape index (κ2) is 69.4. The number of nitrogen functional groups attached to an aromatic ring is 2. The van der Waals surface area contributed by atoms with E-state index in [0.29, 0.717) is 87.2 Å². The first-order valence-corrected chi connectivity index (χ1v) is 51.2. The number of hydrogen-bond acceptors (Lipinski definition) is 14. The first-order chi connectivity index (χ1) is 63.7. The topological polar surface area (TPSA) is 359 Å². The van der Waals surface area contributed by atoms with E-state index in [2.05, 4.69) is 36.4 Å². The van der Waals surface area contributed by atoms with Crippen molar-refractivity contribution in [1.82, 2.24) is 24.0 Å². The summed E-state index contributed by atoms with van der Waals surface area (Å²) in [6.45, 7) is -2.42. The van der Waals surface area contributed by atoms with Gasteiger partial charge in [0, 0.05) is 82.9 Å². The Morgan fingerprint density at radius 2 is 0.797 bits per heavy atom. The third-order valence-electron chi connectivity index (χ3n) is 16.1. The van der Waals surface area contributed by atoms with Gasteiger partial charge in [0.25, 0.3) is 11.4 Å². The van der Waals surface area contributed by atoms with Crippen molar-refractivity contribution in [2.75, 3.05) is 47.7 Å². The number of aromatic carboxylic acids is 1. The molecule has 0 spiro atoms. The maximum absolute atomic E-state index is 10.9. The fourth-order valence-electron chi connectivity index (χ4n) is 10.4. The van der Waals surface area contributed by atoms with Crippen molar-refractivity contribution in [3.63, 3.8) is 0 Å². The number of nitrogens with one attached hydrogen (secondary N) is 2. The van der Waals surface area contributed by atoms with Gasteiger partial charge in [-0.25, -0.2) is 14.8 Å². The molecule has 689 valence electrons. The molecule has 0 atom stereocenters. The Morgan fingerprint density at radius 3 is 1.14 bits per heavy atom. The summed E-state index contributed by atoms with van der Waals surface area (Å²) in [5, 5.41) is 51.9. The Bertz CT molecular complexity index is 5770. The van der Waals surface area contributed by atoms with Crippen LogP contribution in [0, 0.1) is 20.2 Å². The van der Waals surface area contributed by atoms with Crippen molar-refractivity contribution in [2.24, 2.45) is 0 Å². The van der Waals surface area contributed by atoms with Crippen LogP contribution in [-0.4, -0.2) is 121 Å². The van der Waals surface area contributed by atoms with Crippen molar-refractivity contribution in [3.8, 4) is 0 Å². The summed E-state index contributed by atoms with van der Waals surface area (Å²) in [5.74, 6) is -0.814. The van der Waals surface area contributed by atoms with E-state index in [1.807, 2.05) is 48.5 Å². The number of nitro benzene ring substituents is 2. The number of fused-ring (bicyclic) bond motifs is 2. The zero-order chi connectivity index (χ0) is 101. The molecule has 1 radical (unpaired) electrons. The molecule has 0 amide bonds. The van der Waals surface area contributed by atoms with Crippen molar-refractivity contribution in [3.05, 3.63) is 362 Å². The van der Waals surface area contributed by atoms with Crippen LogP contribution < -0.4 is 22.1 Å². The molecule has 1 saturated carbocycles. The number of hydrogen-bond donors (Lipinski definition) is 7. The van der Waals surface area contributed by atoms with Crippen LogP contribution in [-0.2, 0) is 48.5 Å². The number of benzene rings is 11. The fraction of sp³-hybridized carbons (Fsp3) is 0.222. The van der Waals surface area contributed by atoms with E-state index in [1.54, 1.807) is 180 Å². The minimum absolute atomic E-state index is 0. The molecule has 13 N–H and O–H groups in total. The quantitative estimate of drug-likeness (QED) is 0.0138. The second-order valence-electron chi connectivity index (χ2n) is 25.1. The molecule has 22 nitrogen and oxygen atoms in total. The molecule has 2 fully saturated rings. The number of carboxylic acid groups (broad SMARTS) is 2. The molecular weight excluding hydrogens is 2110 g/mol. The third-order valence-corrected chi connectivity index (χ3v) is 18.5. The van der Waals surface area contributed by atoms with Crippen LogP contribution in [0.25, 0.3) is 22.1 Å².